The third-order valence-corrected chi connectivity index (χ3v) is 4.13. The second kappa shape index (κ2) is 6.43. The number of benzene rings is 2. The molecule has 0 saturated carbocycles. The maximum absolute atomic E-state index is 13.0. The molecule has 0 unspecified atom stereocenters. The molecule has 24 heavy (non-hydrogen) atoms. The summed E-state index contributed by atoms with van der Waals surface area (Å²) in [6, 6.07) is 10.8. The van der Waals surface area contributed by atoms with Crippen molar-refractivity contribution in [2.45, 2.75) is 26.3 Å². The summed E-state index contributed by atoms with van der Waals surface area (Å²) in [5.41, 5.74) is 3.21. The molecule has 0 spiro atoms. The molecule has 0 aromatic heterocycles. The van der Waals surface area contributed by atoms with Crippen molar-refractivity contribution in [3.63, 3.8) is 0 Å². The van der Waals surface area contributed by atoms with Crippen LogP contribution in [0.3, 0.4) is 0 Å². The van der Waals surface area contributed by atoms with E-state index in [-0.39, 0.29) is 17.6 Å². The summed E-state index contributed by atoms with van der Waals surface area (Å²) in [7, 11) is 0. The summed E-state index contributed by atoms with van der Waals surface area (Å²) in [6.07, 6.45) is 0.534. The molecule has 124 valence electrons. The summed E-state index contributed by atoms with van der Waals surface area (Å²) in [4.78, 5) is 26.5. The quantitative estimate of drug-likeness (QED) is 0.943. The van der Waals surface area contributed by atoms with Gasteiger partial charge in [0.05, 0.1) is 0 Å². The highest BCUT2D eigenvalue weighted by Crippen LogP contribution is 2.22. The van der Waals surface area contributed by atoms with Gasteiger partial charge in [-0.05, 0) is 56.7 Å². The first-order valence-corrected chi connectivity index (χ1v) is 7.90. The highest BCUT2D eigenvalue weighted by atomic mass is 19.1. The molecule has 4 nitrogen and oxygen atoms in total. The molecule has 1 heterocycles. The standard InChI is InChI=1S/C19H19FN2O2/c1-12-9-13(2)11-14(10-12)18(23)21-17-7-8-22(19(17)24)16-5-3-15(20)4-6-16/h3-6,9-11,17H,7-8H2,1-2H3,(H,21,23)/t17-/m1/s1. The Morgan fingerprint density at radius 2 is 1.75 bits per heavy atom. The molecule has 1 N–H and O–H groups in total. The minimum atomic E-state index is -0.552. The maximum atomic E-state index is 13.0. The van der Waals surface area contributed by atoms with Crippen LogP contribution in [0, 0.1) is 19.7 Å². The van der Waals surface area contributed by atoms with Gasteiger partial charge in [-0.2, -0.15) is 0 Å². The van der Waals surface area contributed by atoms with Crippen LogP contribution in [-0.2, 0) is 4.79 Å². The SMILES string of the molecule is Cc1cc(C)cc(C(=O)N[C@@H]2CCN(c3ccc(F)cc3)C2=O)c1. The van der Waals surface area contributed by atoms with Crippen LogP contribution in [0.2, 0.25) is 0 Å². The Balaban J connectivity index is 1.71. The van der Waals surface area contributed by atoms with Gasteiger partial charge in [0.25, 0.3) is 5.91 Å². The molecule has 1 aliphatic rings. The smallest absolute Gasteiger partial charge is 0.251 e. The lowest BCUT2D eigenvalue weighted by molar-refractivity contribution is -0.118. The largest absolute Gasteiger partial charge is 0.340 e. The molecule has 2 aromatic rings. The molecular weight excluding hydrogens is 307 g/mol. The predicted octanol–water partition coefficient (Wildman–Crippen LogP) is 2.98. The number of carbonyl (C=O) groups excluding carboxylic acids is 2. The molecule has 1 saturated heterocycles. The van der Waals surface area contributed by atoms with Crippen molar-refractivity contribution in [3.05, 3.63) is 65.0 Å². The van der Waals surface area contributed by atoms with Gasteiger partial charge < -0.3 is 10.2 Å². The van der Waals surface area contributed by atoms with Crippen LogP contribution in [0.5, 0.6) is 0 Å². The molecule has 0 radical (unpaired) electrons. The molecular formula is C19H19FN2O2. The van der Waals surface area contributed by atoms with Gasteiger partial charge in [-0.3, -0.25) is 9.59 Å². The lowest BCUT2D eigenvalue weighted by atomic mass is 10.1. The second-order valence-corrected chi connectivity index (χ2v) is 6.16. The minimum absolute atomic E-state index is 0.167. The van der Waals surface area contributed by atoms with E-state index in [0.717, 1.165) is 11.1 Å². The van der Waals surface area contributed by atoms with E-state index in [4.69, 9.17) is 0 Å². The van der Waals surface area contributed by atoms with Crippen LogP contribution < -0.4 is 10.2 Å². The molecule has 1 atom stereocenters. The van der Waals surface area contributed by atoms with Crippen molar-refractivity contribution in [2.24, 2.45) is 0 Å². The van der Waals surface area contributed by atoms with E-state index < -0.39 is 6.04 Å². The van der Waals surface area contributed by atoms with Crippen molar-refractivity contribution >= 4 is 17.5 Å². The molecule has 0 aliphatic carbocycles. The summed E-state index contributed by atoms with van der Waals surface area (Å²) in [6.45, 7) is 4.36. The average Bonchev–Trinajstić information content (AvgIpc) is 2.88. The number of aryl methyl sites for hydroxylation is 2. The van der Waals surface area contributed by atoms with Gasteiger partial charge in [-0.1, -0.05) is 17.2 Å². The molecule has 1 aliphatic heterocycles. The van der Waals surface area contributed by atoms with E-state index in [1.165, 1.54) is 12.1 Å². The molecule has 0 bridgehead atoms. The first-order chi connectivity index (χ1) is 11.4. The first-order valence-electron chi connectivity index (χ1n) is 7.90. The zero-order valence-corrected chi connectivity index (χ0v) is 13.7. The summed E-state index contributed by atoms with van der Waals surface area (Å²) < 4.78 is 13.0. The summed E-state index contributed by atoms with van der Waals surface area (Å²) >= 11 is 0. The Hall–Kier alpha value is -2.69. The van der Waals surface area contributed by atoms with Crippen LogP contribution in [0.15, 0.2) is 42.5 Å². The lowest BCUT2D eigenvalue weighted by Crippen LogP contribution is -2.41. The topological polar surface area (TPSA) is 49.4 Å². The van der Waals surface area contributed by atoms with E-state index >= 15 is 0 Å². The number of carbonyl (C=O) groups is 2. The van der Waals surface area contributed by atoms with Crippen molar-refractivity contribution in [2.75, 3.05) is 11.4 Å². The second-order valence-electron chi connectivity index (χ2n) is 6.16. The fourth-order valence-electron chi connectivity index (χ4n) is 3.04. The molecule has 3 rings (SSSR count). The third kappa shape index (κ3) is 3.30. The summed E-state index contributed by atoms with van der Waals surface area (Å²) in [5.74, 6) is -0.759. The Labute approximate surface area is 140 Å². The molecule has 2 amide bonds. The number of rotatable bonds is 3. The van der Waals surface area contributed by atoms with E-state index in [2.05, 4.69) is 5.32 Å². The van der Waals surface area contributed by atoms with Crippen LogP contribution in [0.4, 0.5) is 10.1 Å². The number of nitrogens with zero attached hydrogens (tertiary/aromatic N) is 1. The van der Waals surface area contributed by atoms with Crippen molar-refractivity contribution < 1.29 is 14.0 Å². The number of hydrogen-bond acceptors (Lipinski definition) is 2. The number of anilines is 1. The Kier molecular flexibility index (Phi) is 4.34. The van der Waals surface area contributed by atoms with Gasteiger partial charge in [0.1, 0.15) is 11.9 Å². The van der Waals surface area contributed by atoms with Crippen molar-refractivity contribution in [3.8, 4) is 0 Å². The van der Waals surface area contributed by atoms with Crippen LogP contribution >= 0.6 is 0 Å². The molecule has 5 heteroatoms. The van der Waals surface area contributed by atoms with E-state index in [9.17, 15) is 14.0 Å². The van der Waals surface area contributed by atoms with Gasteiger partial charge in [-0.25, -0.2) is 4.39 Å². The predicted molar refractivity (Wildman–Crippen MR) is 90.5 cm³/mol. The normalized spacial score (nSPS) is 17.2. The fourth-order valence-corrected chi connectivity index (χ4v) is 3.04. The van der Waals surface area contributed by atoms with Gasteiger partial charge >= 0.3 is 0 Å². The maximum Gasteiger partial charge on any atom is 0.251 e. The van der Waals surface area contributed by atoms with Crippen LogP contribution in [-0.4, -0.2) is 24.4 Å². The monoisotopic (exact) mass is 326 g/mol. The van der Waals surface area contributed by atoms with Crippen LogP contribution in [0.1, 0.15) is 27.9 Å². The highest BCUT2D eigenvalue weighted by Gasteiger charge is 2.33. The number of nitrogens with one attached hydrogen (secondary N) is 1. The highest BCUT2D eigenvalue weighted by molar-refractivity contribution is 6.04. The zero-order chi connectivity index (χ0) is 17.3. The van der Waals surface area contributed by atoms with Crippen molar-refractivity contribution in [1.82, 2.24) is 5.32 Å². The van der Waals surface area contributed by atoms with Crippen molar-refractivity contribution in [1.29, 1.82) is 0 Å². The average molecular weight is 326 g/mol. The number of halogens is 1. The molecule has 1 fully saturated rings. The van der Waals surface area contributed by atoms with Gasteiger partial charge in [0.15, 0.2) is 0 Å². The third-order valence-electron chi connectivity index (χ3n) is 4.13. The lowest BCUT2D eigenvalue weighted by Gasteiger charge is -2.17. The zero-order valence-electron chi connectivity index (χ0n) is 13.7. The Morgan fingerprint density at radius 3 is 2.38 bits per heavy atom. The van der Waals surface area contributed by atoms with Gasteiger partial charge in [0, 0.05) is 17.8 Å². The fraction of sp³-hybridized carbons (Fsp3) is 0.263. The first kappa shape index (κ1) is 16.2. The molecule has 2 aromatic carbocycles. The number of hydrogen-bond donors (Lipinski definition) is 1. The summed E-state index contributed by atoms with van der Waals surface area (Å²) in [5, 5.41) is 2.81. The number of amides is 2. The van der Waals surface area contributed by atoms with E-state index in [1.54, 1.807) is 29.2 Å². The Bertz CT molecular complexity index is 766. The van der Waals surface area contributed by atoms with E-state index in [1.807, 2.05) is 19.9 Å². The van der Waals surface area contributed by atoms with Crippen LogP contribution in [0.25, 0.3) is 0 Å². The van der Waals surface area contributed by atoms with Gasteiger partial charge in [-0.15, -0.1) is 0 Å². The minimum Gasteiger partial charge on any atom is -0.340 e. The Morgan fingerprint density at radius 1 is 1.12 bits per heavy atom. The van der Waals surface area contributed by atoms with Gasteiger partial charge in [0.2, 0.25) is 5.91 Å². The van der Waals surface area contributed by atoms with E-state index in [0.29, 0.717) is 24.2 Å².